The van der Waals surface area contributed by atoms with E-state index in [1.165, 1.54) is 11.3 Å². The summed E-state index contributed by atoms with van der Waals surface area (Å²) in [6.45, 7) is 6.42. The second-order valence-electron chi connectivity index (χ2n) is 4.36. The molecule has 0 aliphatic carbocycles. The molecule has 2 nitrogen and oxygen atoms in total. The predicted octanol–water partition coefficient (Wildman–Crippen LogP) is 3.15. The zero-order valence-electron chi connectivity index (χ0n) is 8.33. The van der Waals surface area contributed by atoms with Crippen LogP contribution in [-0.2, 0) is 0 Å². The zero-order chi connectivity index (χ0) is 9.90. The lowest BCUT2D eigenvalue weighted by Gasteiger charge is -2.16. The summed E-state index contributed by atoms with van der Waals surface area (Å²) < 4.78 is 0. The molecule has 0 atom stereocenters. The molecule has 0 saturated heterocycles. The van der Waals surface area contributed by atoms with E-state index in [0.29, 0.717) is 12.1 Å². The van der Waals surface area contributed by atoms with Crippen molar-refractivity contribution in [3.8, 4) is 0 Å². The summed E-state index contributed by atoms with van der Waals surface area (Å²) in [6, 6.07) is 0. The number of aromatic nitrogens is 1. The van der Waals surface area contributed by atoms with E-state index in [-0.39, 0.29) is 11.2 Å². The Kier molecular flexibility index (Phi) is 3.20. The standard InChI is InChI=1S/C10H15NOS/c1-10(2,3)5-4-9(12)8-6-13-7-11-8/h6-7H,4-5H2,1-3H3. The van der Waals surface area contributed by atoms with Gasteiger partial charge in [0.25, 0.3) is 0 Å². The van der Waals surface area contributed by atoms with E-state index in [9.17, 15) is 4.79 Å². The smallest absolute Gasteiger partial charge is 0.182 e. The molecule has 0 amide bonds. The van der Waals surface area contributed by atoms with Gasteiger partial charge in [0.2, 0.25) is 0 Å². The van der Waals surface area contributed by atoms with Gasteiger partial charge in [0, 0.05) is 11.8 Å². The van der Waals surface area contributed by atoms with E-state index < -0.39 is 0 Å². The summed E-state index contributed by atoms with van der Waals surface area (Å²) in [5.41, 5.74) is 2.55. The van der Waals surface area contributed by atoms with Crippen molar-refractivity contribution < 1.29 is 4.79 Å². The third kappa shape index (κ3) is 3.68. The maximum atomic E-state index is 11.5. The minimum Gasteiger partial charge on any atom is -0.292 e. The molecule has 0 saturated carbocycles. The SMILES string of the molecule is CC(C)(C)CCC(=O)c1cscn1. The highest BCUT2D eigenvalue weighted by Gasteiger charge is 2.14. The van der Waals surface area contributed by atoms with Gasteiger partial charge in [-0.1, -0.05) is 20.8 Å². The normalized spacial score (nSPS) is 11.6. The average Bonchev–Trinajstić information content (AvgIpc) is 2.50. The number of thiazole rings is 1. The predicted molar refractivity (Wildman–Crippen MR) is 55.1 cm³/mol. The van der Waals surface area contributed by atoms with Gasteiger partial charge < -0.3 is 0 Å². The van der Waals surface area contributed by atoms with Crippen molar-refractivity contribution in [1.29, 1.82) is 0 Å². The number of rotatable bonds is 3. The average molecular weight is 197 g/mol. The van der Waals surface area contributed by atoms with Crippen LogP contribution in [0.4, 0.5) is 0 Å². The van der Waals surface area contributed by atoms with Gasteiger partial charge in [0.1, 0.15) is 5.69 Å². The van der Waals surface area contributed by atoms with Crippen LogP contribution in [0.25, 0.3) is 0 Å². The topological polar surface area (TPSA) is 30.0 Å². The molecule has 0 aliphatic heterocycles. The first-order valence-corrected chi connectivity index (χ1v) is 5.35. The Morgan fingerprint density at radius 1 is 1.54 bits per heavy atom. The van der Waals surface area contributed by atoms with E-state index in [4.69, 9.17) is 0 Å². The molecule has 1 aromatic rings. The number of ketones is 1. The van der Waals surface area contributed by atoms with Crippen LogP contribution in [0.15, 0.2) is 10.9 Å². The van der Waals surface area contributed by atoms with Crippen molar-refractivity contribution >= 4 is 17.1 Å². The number of carbonyl (C=O) groups is 1. The summed E-state index contributed by atoms with van der Waals surface area (Å²) in [7, 11) is 0. The van der Waals surface area contributed by atoms with E-state index >= 15 is 0 Å². The summed E-state index contributed by atoms with van der Waals surface area (Å²) in [5, 5.41) is 1.81. The van der Waals surface area contributed by atoms with Crippen molar-refractivity contribution in [2.75, 3.05) is 0 Å². The van der Waals surface area contributed by atoms with Gasteiger partial charge >= 0.3 is 0 Å². The lowest BCUT2D eigenvalue weighted by molar-refractivity contribution is 0.0962. The second-order valence-corrected chi connectivity index (χ2v) is 5.08. The summed E-state index contributed by atoms with van der Waals surface area (Å²) in [5.74, 6) is 0.163. The number of Topliss-reactive ketones (excluding diaryl/α,β-unsaturated/α-hetero) is 1. The Bertz CT molecular complexity index is 272. The van der Waals surface area contributed by atoms with Crippen LogP contribution < -0.4 is 0 Å². The number of carbonyl (C=O) groups excluding carboxylic acids is 1. The van der Waals surface area contributed by atoms with Gasteiger partial charge in [-0.2, -0.15) is 0 Å². The monoisotopic (exact) mass is 197 g/mol. The third-order valence-electron chi connectivity index (χ3n) is 1.82. The Balaban J connectivity index is 2.44. The van der Waals surface area contributed by atoms with E-state index in [0.717, 1.165) is 6.42 Å². The zero-order valence-corrected chi connectivity index (χ0v) is 9.15. The molecular weight excluding hydrogens is 182 g/mol. The highest BCUT2D eigenvalue weighted by molar-refractivity contribution is 7.07. The number of nitrogens with zero attached hydrogens (tertiary/aromatic N) is 1. The maximum absolute atomic E-state index is 11.5. The van der Waals surface area contributed by atoms with E-state index in [2.05, 4.69) is 25.8 Å². The van der Waals surface area contributed by atoms with Gasteiger partial charge in [-0.25, -0.2) is 4.98 Å². The van der Waals surface area contributed by atoms with Gasteiger partial charge in [0.15, 0.2) is 5.78 Å². The van der Waals surface area contributed by atoms with E-state index in [1.54, 1.807) is 5.51 Å². The van der Waals surface area contributed by atoms with Crippen LogP contribution in [0.5, 0.6) is 0 Å². The lowest BCUT2D eigenvalue weighted by Crippen LogP contribution is -2.09. The van der Waals surface area contributed by atoms with Crippen LogP contribution in [-0.4, -0.2) is 10.8 Å². The molecule has 3 heteroatoms. The summed E-state index contributed by atoms with van der Waals surface area (Å²) >= 11 is 1.47. The van der Waals surface area contributed by atoms with Crippen molar-refractivity contribution in [3.63, 3.8) is 0 Å². The molecule has 0 N–H and O–H groups in total. The molecule has 0 aliphatic rings. The maximum Gasteiger partial charge on any atom is 0.182 e. The Hall–Kier alpha value is -0.700. The minimum atomic E-state index is 0.163. The van der Waals surface area contributed by atoms with Gasteiger partial charge in [-0.15, -0.1) is 11.3 Å². The lowest BCUT2D eigenvalue weighted by atomic mass is 9.89. The van der Waals surface area contributed by atoms with E-state index in [1.807, 2.05) is 5.38 Å². The largest absolute Gasteiger partial charge is 0.292 e. The van der Waals surface area contributed by atoms with Gasteiger partial charge in [-0.05, 0) is 11.8 Å². The Morgan fingerprint density at radius 2 is 2.23 bits per heavy atom. The molecule has 72 valence electrons. The molecule has 0 fully saturated rings. The molecular formula is C10H15NOS. The minimum absolute atomic E-state index is 0.163. The van der Waals surface area contributed by atoms with Crippen LogP contribution in [0.2, 0.25) is 0 Å². The number of hydrogen-bond donors (Lipinski definition) is 0. The fourth-order valence-corrected chi connectivity index (χ4v) is 1.52. The summed E-state index contributed by atoms with van der Waals surface area (Å²) in [4.78, 5) is 15.5. The fourth-order valence-electron chi connectivity index (χ4n) is 0.967. The van der Waals surface area contributed by atoms with Crippen molar-refractivity contribution in [1.82, 2.24) is 4.98 Å². The Labute approximate surface area is 83.0 Å². The Morgan fingerprint density at radius 3 is 2.69 bits per heavy atom. The van der Waals surface area contributed by atoms with Crippen molar-refractivity contribution in [3.05, 3.63) is 16.6 Å². The molecule has 1 heterocycles. The molecule has 1 rings (SSSR count). The van der Waals surface area contributed by atoms with Crippen LogP contribution in [0.3, 0.4) is 0 Å². The molecule has 0 bridgehead atoms. The van der Waals surface area contributed by atoms with Crippen LogP contribution in [0, 0.1) is 5.41 Å². The molecule has 0 spiro atoms. The van der Waals surface area contributed by atoms with Crippen LogP contribution >= 0.6 is 11.3 Å². The molecule has 1 aromatic heterocycles. The highest BCUT2D eigenvalue weighted by Crippen LogP contribution is 2.21. The van der Waals surface area contributed by atoms with Gasteiger partial charge in [-0.3, -0.25) is 4.79 Å². The summed E-state index contributed by atoms with van der Waals surface area (Å²) in [6.07, 6.45) is 1.52. The van der Waals surface area contributed by atoms with Gasteiger partial charge in [0.05, 0.1) is 5.51 Å². The third-order valence-corrected chi connectivity index (χ3v) is 2.41. The first kappa shape index (κ1) is 10.4. The molecule has 13 heavy (non-hydrogen) atoms. The van der Waals surface area contributed by atoms with Crippen LogP contribution in [0.1, 0.15) is 44.1 Å². The first-order valence-electron chi connectivity index (χ1n) is 4.40. The second kappa shape index (κ2) is 4.01. The van der Waals surface area contributed by atoms with Crippen molar-refractivity contribution in [2.45, 2.75) is 33.6 Å². The first-order chi connectivity index (χ1) is 5.99. The fraction of sp³-hybridized carbons (Fsp3) is 0.600. The molecule has 0 unspecified atom stereocenters. The molecule has 0 aromatic carbocycles. The number of hydrogen-bond acceptors (Lipinski definition) is 3. The highest BCUT2D eigenvalue weighted by atomic mass is 32.1. The van der Waals surface area contributed by atoms with Crippen molar-refractivity contribution in [2.24, 2.45) is 5.41 Å². The quantitative estimate of drug-likeness (QED) is 0.697. The molecule has 0 radical (unpaired) electrons.